The summed E-state index contributed by atoms with van der Waals surface area (Å²) in [5, 5.41) is 6.25. The Balaban J connectivity index is 2.10. The van der Waals surface area contributed by atoms with Crippen molar-refractivity contribution in [1.29, 1.82) is 0 Å². The Hall–Kier alpha value is -1.10. The summed E-state index contributed by atoms with van der Waals surface area (Å²) >= 11 is 3.37. The number of hydrogen-bond donors (Lipinski definition) is 2. The molecule has 0 radical (unpaired) electrons. The molecule has 1 saturated carbocycles. The Labute approximate surface area is 122 Å². The SMILES string of the molecule is CCNc1ncc(Br)cc1C(=O)NC1CCCCC1. The lowest BCUT2D eigenvalue weighted by molar-refractivity contribution is 0.0928. The van der Waals surface area contributed by atoms with Crippen LogP contribution in [0.2, 0.25) is 0 Å². The van der Waals surface area contributed by atoms with Gasteiger partial charge in [0.2, 0.25) is 0 Å². The minimum atomic E-state index is -0.0309. The molecule has 1 aromatic heterocycles. The smallest absolute Gasteiger partial charge is 0.255 e. The van der Waals surface area contributed by atoms with E-state index in [9.17, 15) is 4.79 Å². The predicted molar refractivity (Wildman–Crippen MR) is 80.4 cm³/mol. The van der Waals surface area contributed by atoms with Crippen molar-refractivity contribution in [1.82, 2.24) is 10.3 Å². The van der Waals surface area contributed by atoms with E-state index in [0.29, 0.717) is 17.4 Å². The predicted octanol–water partition coefficient (Wildman–Crippen LogP) is 3.34. The van der Waals surface area contributed by atoms with Crippen LogP contribution >= 0.6 is 15.9 Å². The second-order valence-electron chi connectivity index (χ2n) is 4.89. The van der Waals surface area contributed by atoms with Crippen LogP contribution < -0.4 is 10.6 Å². The molecular weight excluding hydrogens is 306 g/mol. The Morgan fingerprint density at radius 3 is 2.84 bits per heavy atom. The van der Waals surface area contributed by atoms with Gasteiger partial charge >= 0.3 is 0 Å². The minimum absolute atomic E-state index is 0.0309. The van der Waals surface area contributed by atoms with Gasteiger partial charge in [-0.3, -0.25) is 4.79 Å². The van der Waals surface area contributed by atoms with E-state index < -0.39 is 0 Å². The Morgan fingerprint density at radius 1 is 1.42 bits per heavy atom. The summed E-state index contributed by atoms with van der Waals surface area (Å²) in [6.45, 7) is 2.74. The van der Waals surface area contributed by atoms with Gasteiger partial charge in [-0.2, -0.15) is 0 Å². The zero-order valence-electron chi connectivity index (χ0n) is 11.2. The number of nitrogens with zero attached hydrogens (tertiary/aromatic N) is 1. The molecule has 1 aliphatic rings. The molecule has 2 rings (SSSR count). The summed E-state index contributed by atoms with van der Waals surface area (Å²) in [6, 6.07) is 2.14. The summed E-state index contributed by atoms with van der Waals surface area (Å²) in [4.78, 5) is 16.6. The van der Waals surface area contributed by atoms with Crippen LogP contribution in [0, 0.1) is 0 Å². The van der Waals surface area contributed by atoms with Gasteiger partial charge in [0.05, 0.1) is 5.56 Å². The Kier molecular flexibility index (Phi) is 5.19. The van der Waals surface area contributed by atoms with Gasteiger partial charge in [0.25, 0.3) is 5.91 Å². The number of nitrogens with one attached hydrogen (secondary N) is 2. The fourth-order valence-electron chi connectivity index (χ4n) is 2.43. The summed E-state index contributed by atoms with van der Waals surface area (Å²) in [7, 11) is 0. The summed E-state index contributed by atoms with van der Waals surface area (Å²) < 4.78 is 0.822. The molecule has 4 nitrogen and oxygen atoms in total. The number of amides is 1. The van der Waals surface area contributed by atoms with Crippen molar-refractivity contribution in [2.75, 3.05) is 11.9 Å². The van der Waals surface area contributed by atoms with Crippen molar-refractivity contribution in [3.63, 3.8) is 0 Å². The molecule has 1 aliphatic carbocycles. The molecule has 5 heteroatoms. The van der Waals surface area contributed by atoms with E-state index >= 15 is 0 Å². The van der Waals surface area contributed by atoms with Crippen LogP contribution in [0.5, 0.6) is 0 Å². The summed E-state index contributed by atoms with van der Waals surface area (Å²) in [6.07, 6.45) is 7.58. The van der Waals surface area contributed by atoms with Gasteiger partial charge in [-0.15, -0.1) is 0 Å². The van der Waals surface area contributed by atoms with Crippen molar-refractivity contribution in [2.24, 2.45) is 0 Å². The molecule has 1 fully saturated rings. The first-order chi connectivity index (χ1) is 9.20. The number of carbonyl (C=O) groups is 1. The van der Waals surface area contributed by atoms with E-state index in [0.717, 1.165) is 23.9 Å². The van der Waals surface area contributed by atoms with Gasteiger partial charge in [0, 0.05) is 23.3 Å². The van der Waals surface area contributed by atoms with Crippen LogP contribution in [-0.4, -0.2) is 23.5 Å². The fourth-order valence-corrected chi connectivity index (χ4v) is 2.76. The van der Waals surface area contributed by atoms with E-state index in [-0.39, 0.29) is 5.91 Å². The number of anilines is 1. The lowest BCUT2D eigenvalue weighted by Gasteiger charge is -2.23. The van der Waals surface area contributed by atoms with Crippen molar-refractivity contribution in [3.8, 4) is 0 Å². The van der Waals surface area contributed by atoms with Crippen molar-refractivity contribution < 1.29 is 4.79 Å². The molecule has 104 valence electrons. The number of carbonyl (C=O) groups excluding carboxylic acids is 1. The zero-order chi connectivity index (χ0) is 13.7. The third-order valence-corrected chi connectivity index (χ3v) is 3.82. The van der Waals surface area contributed by atoms with Gasteiger partial charge in [0.1, 0.15) is 5.82 Å². The highest BCUT2D eigenvalue weighted by Gasteiger charge is 2.19. The van der Waals surface area contributed by atoms with Crippen molar-refractivity contribution in [3.05, 3.63) is 22.3 Å². The first kappa shape index (κ1) is 14.3. The summed E-state index contributed by atoms with van der Waals surface area (Å²) in [5.74, 6) is 0.621. The van der Waals surface area contributed by atoms with Gasteiger partial charge in [-0.1, -0.05) is 19.3 Å². The molecule has 0 aromatic carbocycles. The van der Waals surface area contributed by atoms with Gasteiger partial charge in [-0.05, 0) is 41.8 Å². The minimum Gasteiger partial charge on any atom is -0.370 e. The van der Waals surface area contributed by atoms with Gasteiger partial charge < -0.3 is 10.6 Å². The first-order valence-corrected chi connectivity index (χ1v) is 7.70. The van der Waals surface area contributed by atoms with Crippen LogP contribution in [0.4, 0.5) is 5.82 Å². The molecule has 1 aromatic rings. The van der Waals surface area contributed by atoms with Gasteiger partial charge in [0.15, 0.2) is 0 Å². The maximum atomic E-state index is 12.3. The number of rotatable bonds is 4. The number of halogens is 1. The second-order valence-corrected chi connectivity index (χ2v) is 5.80. The third-order valence-electron chi connectivity index (χ3n) is 3.38. The van der Waals surface area contributed by atoms with E-state index in [1.54, 1.807) is 6.20 Å². The molecule has 2 N–H and O–H groups in total. The molecule has 0 aliphatic heterocycles. The lowest BCUT2D eigenvalue weighted by atomic mass is 9.95. The molecular formula is C14H20BrN3O. The topological polar surface area (TPSA) is 54.0 Å². The second kappa shape index (κ2) is 6.89. The first-order valence-electron chi connectivity index (χ1n) is 6.91. The van der Waals surface area contributed by atoms with Crippen molar-refractivity contribution >= 4 is 27.7 Å². The number of aromatic nitrogens is 1. The van der Waals surface area contributed by atoms with E-state index in [2.05, 4.69) is 31.5 Å². The largest absolute Gasteiger partial charge is 0.370 e. The van der Waals surface area contributed by atoms with E-state index in [1.807, 2.05) is 13.0 Å². The number of hydrogen-bond acceptors (Lipinski definition) is 3. The molecule has 19 heavy (non-hydrogen) atoms. The Morgan fingerprint density at radius 2 is 2.16 bits per heavy atom. The van der Waals surface area contributed by atoms with Crippen LogP contribution in [0.15, 0.2) is 16.7 Å². The fraction of sp³-hybridized carbons (Fsp3) is 0.571. The normalized spacial score (nSPS) is 16.1. The van der Waals surface area contributed by atoms with Crippen LogP contribution in [0.3, 0.4) is 0 Å². The van der Waals surface area contributed by atoms with E-state index in [1.165, 1.54) is 19.3 Å². The maximum absolute atomic E-state index is 12.3. The third kappa shape index (κ3) is 3.93. The molecule has 0 unspecified atom stereocenters. The highest BCUT2D eigenvalue weighted by molar-refractivity contribution is 9.10. The molecule has 0 spiro atoms. The quantitative estimate of drug-likeness (QED) is 0.892. The molecule has 0 saturated heterocycles. The highest BCUT2D eigenvalue weighted by atomic mass is 79.9. The molecule has 1 heterocycles. The van der Waals surface area contributed by atoms with Crippen LogP contribution in [-0.2, 0) is 0 Å². The molecule has 0 bridgehead atoms. The van der Waals surface area contributed by atoms with Gasteiger partial charge in [-0.25, -0.2) is 4.98 Å². The monoisotopic (exact) mass is 325 g/mol. The van der Waals surface area contributed by atoms with Crippen LogP contribution in [0.25, 0.3) is 0 Å². The summed E-state index contributed by atoms with van der Waals surface area (Å²) in [5.41, 5.74) is 0.613. The molecule has 1 amide bonds. The average molecular weight is 326 g/mol. The Bertz CT molecular complexity index is 444. The standard InChI is InChI=1S/C14H20BrN3O/c1-2-16-13-12(8-10(15)9-17-13)14(19)18-11-6-4-3-5-7-11/h8-9,11H,2-7H2,1H3,(H,16,17)(H,18,19). The number of pyridine rings is 1. The van der Waals surface area contributed by atoms with Crippen LogP contribution in [0.1, 0.15) is 49.4 Å². The van der Waals surface area contributed by atoms with Crippen molar-refractivity contribution in [2.45, 2.75) is 45.1 Å². The molecule has 0 atom stereocenters. The van der Waals surface area contributed by atoms with E-state index in [4.69, 9.17) is 0 Å². The average Bonchev–Trinajstić information content (AvgIpc) is 2.42. The highest BCUT2D eigenvalue weighted by Crippen LogP contribution is 2.21. The zero-order valence-corrected chi connectivity index (χ0v) is 12.8. The lowest BCUT2D eigenvalue weighted by Crippen LogP contribution is -2.36. The maximum Gasteiger partial charge on any atom is 0.255 e.